The van der Waals surface area contributed by atoms with Crippen LogP contribution >= 0.6 is 0 Å². The number of rotatable bonds is 5. The Hall–Kier alpha value is -2.67. The second-order valence-electron chi connectivity index (χ2n) is 8.38. The van der Waals surface area contributed by atoms with Crippen molar-refractivity contribution < 1.29 is 26.9 Å². The Balaban J connectivity index is 0.00000231. The third-order valence-corrected chi connectivity index (χ3v) is 6.20. The van der Waals surface area contributed by atoms with Crippen LogP contribution in [0.4, 0.5) is 0 Å². The smallest absolute Gasteiger partial charge is 0.252 e. The minimum Gasteiger partial charge on any atom is -0.495 e. The van der Waals surface area contributed by atoms with Crippen LogP contribution in [0, 0.1) is 13.3 Å². The Bertz CT molecular complexity index is 1140. The van der Waals surface area contributed by atoms with E-state index in [1.54, 1.807) is 0 Å². The standard InChI is InChI=1S/C27H26NO2.Cr/c1-19-14-15-22(30-21-10-3-2-4-11-21)18-24(19)26(29)28-27(16-17-27)25-13-7-9-20-8-5-6-12-23(20)25;/h5-15,18H,2-4,16-17H2,1H3,(H,28,29);/q-1;. The van der Waals surface area contributed by atoms with Crippen molar-refractivity contribution >= 4 is 16.7 Å². The molecule has 2 aliphatic rings. The van der Waals surface area contributed by atoms with Gasteiger partial charge in [0.15, 0.2) is 0 Å². The van der Waals surface area contributed by atoms with Gasteiger partial charge in [0.25, 0.3) is 5.91 Å². The molecule has 4 heteroatoms. The van der Waals surface area contributed by atoms with Crippen LogP contribution in [0.2, 0.25) is 0 Å². The molecule has 0 spiro atoms. The number of carbonyl (C=O) groups is 1. The molecule has 0 saturated heterocycles. The Morgan fingerprint density at radius 3 is 2.65 bits per heavy atom. The first kappa shape index (κ1) is 21.6. The fraction of sp³-hybridized carbons (Fsp3) is 0.259. The van der Waals surface area contributed by atoms with Crippen molar-refractivity contribution in [3.8, 4) is 5.75 Å². The normalized spacial score (nSPS) is 16.5. The summed E-state index contributed by atoms with van der Waals surface area (Å²) in [6.45, 7) is 1.97. The molecule has 3 aromatic carbocycles. The van der Waals surface area contributed by atoms with E-state index in [2.05, 4.69) is 60.3 Å². The van der Waals surface area contributed by atoms with Crippen LogP contribution in [-0.2, 0) is 22.9 Å². The van der Waals surface area contributed by atoms with E-state index in [1.807, 2.05) is 25.1 Å². The molecule has 5 rings (SSSR count). The van der Waals surface area contributed by atoms with Gasteiger partial charge in [-0.3, -0.25) is 4.79 Å². The van der Waals surface area contributed by atoms with Crippen LogP contribution in [0.3, 0.4) is 0 Å². The number of hydrogen-bond donors (Lipinski definition) is 1. The number of fused-ring (bicyclic) bond motifs is 1. The maximum absolute atomic E-state index is 13.3. The predicted molar refractivity (Wildman–Crippen MR) is 120 cm³/mol. The van der Waals surface area contributed by atoms with Gasteiger partial charge in [0.05, 0.1) is 5.54 Å². The third kappa shape index (κ3) is 4.37. The average molecular weight is 449 g/mol. The number of carbonyl (C=O) groups excluding carboxylic acids is 1. The van der Waals surface area contributed by atoms with Crippen molar-refractivity contribution in [3.05, 3.63) is 95.6 Å². The maximum Gasteiger partial charge on any atom is 0.252 e. The van der Waals surface area contributed by atoms with E-state index in [9.17, 15) is 4.79 Å². The summed E-state index contributed by atoms with van der Waals surface area (Å²) in [5.41, 5.74) is 2.56. The molecular weight excluding hydrogens is 422 g/mol. The molecule has 1 amide bonds. The first-order valence-corrected chi connectivity index (χ1v) is 10.8. The summed E-state index contributed by atoms with van der Waals surface area (Å²) in [4.78, 5) is 13.3. The summed E-state index contributed by atoms with van der Waals surface area (Å²) in [6.07, 6.45) is 9.40. The molecule has 0 aromatic heterocycles. The van der Waals surface area contributed by atoms with E-state index in [1.165, 1.54) is 22.8 Å². The van der Waals surface area contributed by atoms with Crippen molar-refractivity contribution in [2.24, 2.45) is 0 Å². The van der Waals surface area contributed by atoms with Gasteiger partial charge in [-0.15, -0.1) is 0 Å². The predicted octanol–water partition coefficient (Wildman–Crippen LogP) is 6.22. The van der Waals surface area contributed by atoms with E-state index < -0.39 is 0 Å². The minimum atomic E-state index is -0.277. The molecule has 3 nitrogen and oxygen atoms in total. The Morgan fingerprint density at radius 1 is 1.06 bits per heavy atom. The van der Waals surface area contributed by atoms with Gasteiger partial charge in [-0.25, -0.2) is 0 Å². The third-order valence-electron chi connectivity index (χ3n) is 6.20. The summed E-state index contributed by atoms with van der Waals surface area (Å²) in [6, 6.07) is 20.5. The number of hydrogen-bond acceptors (Lipinski definition) is 2. The summed E-state index contributed by atoms with van der Waals surface area (Å²) >= 11 is 0. The molecule has 2 aliphatic carbocycles. The van der Waals surface area contributed by atoms with E-state index in [0.717, 1.165) is 37.0 Å². The monoisotopic (exact) mass is 448 g/mol. The molecule has 0 radical (unpaired) electrons. The summed E-state index contributed by atoms with van der Waals surface area (Å²) < 4.78 is 6.01. The number of aryl methyl sites for hydroxylation is 1. The molecule has 0 heterocycles. The molecule has 158 valence electrons. The first-order valence-electron chi connectivity index (χ1n) is 10.8. The van der Waals surface area contributed by atoms with Crippen LogP contribution in [0.15, 0.2) is 72.5 Å². The average Bonchev–Trinajstić information content (AvgIpc) is 3.55. The van der Waals surface area contributed by atoms with Crippen LogP contribution in [0.1, 0.15) is 53.6 Å². The molecule has 0 bridgehead atoms. The zero-order chi connectivity index (χ0) is 20.6. The van der Waals surface area contributed by atoms with Gasteiger partial charge in [0.1, 0.15) is 5.75 Å². The van der Waals surface area contributed by atoms with Crippen LogP contribution in [-0.4, -0.2) is 5.91 Å². The van der Waals surface area contributed by atoms with Crippen molar-refractivity contribution in [1.82, 2.24) is 5.32 Å². The topological polar surface area (TPSA) is 38.3 Å². The van der Waals surface area contributed by atoms with E-state index >= 15 is 0 Å². The van der Waals surface area contributed by atoms with Gasteiger partial charge in [0.2, 0.25) is 0 Å². The van der Waals surface area contributed by atoms with Gasteiger partial charge < -0.3 is 10.1 Å². The molecule has 1 saturated carbocycles. The zero-order valence-corrected chi connectivity index (χ0v) is 19.0. The van der Waals surface area contributed by atoms with Gasteiger partial charge in [-0.2, -0.15) is 12.5 Å². The van der Waals surface area contributed by atoms with Crippen LogP contribution in [0.5, 0.6) is 5.75 Å². The number of ether oxygens (including phenoxy) is 1. The summed E-state index contributed by atoms with van der Waals surface area (Å²) in [5, 5.41) is 5.77. The Kier molecular flexibility index (Phi) is 6.14. The number of allylic oxidation sites excluding steroid dienone is 2. The molecule has 0 atom stereocenters. The number of nitrogens with one attached hydrogen (secondary N) is 1. The van der Waals surface area contributed by atoms with Crippen molar-refractivity contribution in [2.75, 3.05) is 0 Å². The summed E-state index contributed by atoms with van der Waals surface area (Å²) in [5.74, 6) is 1.57. The van der Waals surface area contributed by atoms with E-state index in [4.69, 9.17) is 4.74 Å². The van der Waals surface area contributed by atoms with Crippen molar-refractivity contribution in [3.63, 3.8) is 0 Å². The molecule has 0 unspecified atom stereocenters. The summed E-state index contributed by atoms with van der Waals surface area (Å²) in [7, 11) is 0. The molecular formula is C27H26CrNO2-. The SMILES string of the molecule is Cc1ccc(OC2=CCCC[CH-]2)cc1C(=O)NC1(c2cccc3ccccc23)CC1.[Cr]. The second kappa shape index (κ2) is 8.83. The van der Waals surface area contributed by atoms with E-state index in [-0.39, 0.29) is 28.8 Å². The molecule has 1 N–H and O–H groups in total. The second-order valence-corrected chi connectivity index (χ2v) is 8.38. The molecule has 1 fully saturated rings. The molecule has 3 aromatic rings. The minimum absolute atomic E-state index is 0. The fourth-order valence-corrected chi connectivity index (χ4v) is 4.33. The van der Waals surface area contributed by atoms with Crippen LogP contribution < -0.4 is 10.1 Å². The maximum atomic E-state index is 13.3. The zero-order valence-electron chi connectivity index (χ0n) is 17.7. The van der Waals surface area contributed by atoms with Crippen molar-refractivity contribution in [1.29, 1.82) is 0 Å². The van der Waals surface area contributed by atoms with Crippen LogP contribution in [0.25, 0.3) is 10.8 Å². The number of benzene rings is 3. The van der Waals surface area contributed by atoms with E-state index in [0.29, 0.717) is 11.3 Å². The molecule has 0 aliphatic heterocycles. The Morgan fingerprint density at radius 2 is 1.87 bits per heavy atom. The largest absolute Gasteiger partial charge is 0.495 e. The fourth-order valence-electron chi connectivity index (χ4n) is 4.33. The van der Waals surface area contributed by atoms with Gasteiger partial charge in [0, 0.05) is 22.9 Å². The van der Waals surface area contributed by atoms with Gasteiger partial charge in [-0.05, 0) is 59.6 Å². The van der Waals surface area contributed by atoms with Gasteiger partial charge in [-0.1, -0.05) is 67.8 Å². The number of amides is 1. The molecule has 31 heavy (non-hydrogen) atoms. The quantitative estimate of drug-likeness (QED) is 0.471. The van der Waals surface area contributed by atoms with Crippen molar-refractivity contribution in [2.45, 2.75) is 44.6 Å². The first-order chi connectivity index (χ1) is 14.6. The van der Waals surface area contributed by atoms with Gasteiger partial charge >= 0.3 is 0 Å². The Labute approximate surface area is 194 Å².